The van der Waals surface area contributed by atoms with Crippen molar-refractivity contribution in [3.63, 3.8) is 0 Å². The summed E-state index contributed by atoms with van der Waals surface area (Å²) >= 11 is 6.65. The van der Waals surface area contributed by atoms with Gasteiger partial charge < -0.3 is 29.6 Å². The largest absolute Gasteiger partial charge is 0.542 e. The summed E-state index contributed by atoms with van der Waals surface area (Å²) < 4.78 is 37.4. The second kappa shape index (κ2) is 11.2. The maximum atomic E-state index is 11.4. The van der Waals surface area contributed by atoms with Crippen LogP contribution in [-0.4, -0.2) is 39.2 Å². The quantitative estimate of drug-likeness (QED) is 0.327. The second-order valence-corrected chi connectivity index (χ2v) is 10.1. The molecular formula is C28H25ClF3N3O5. The Balaban J connectivity index is 0.000000470. The molecule has 1 aliphatic rings. The van der Waals surface area contributed by atoms with Gasteiger partial charge in [-0.25, -0.2) is 4.79 Å². The molecule has 1 aliphatic heterocycles. The average Bonchev–Trinajstić information content (AvgIpc) is 3.47. The molecule has 1 atom stereocenters. The third kappa shape index (κ3) is 6.37. The van der Waals surface area contributed by atoms with E-state index in [0.29, 0.717) is 22.4 Å². The first kappa shape index (κ1) is 28.9. The minimum atomic E-state index is -5.19. The van der Waals surface area contributed by atoms with Crippen LogP contribution >= 0.6 is 11.6 Å². The van der Waals surface area contributed by atoms with Crippen molar-refractivity contribution in [2.24, 2.45) is 0 Å². The normalized spacial score (nSPS) is 14.6. The number of aromatic nitrogens is 2. The average molecular weight is 576 g/mol. The van der Waals surface area contributed by atoms with Crippen molar-refractivity contribution in [1.29, 1.82) is 0 Å². The van der Waals surface area contributed by atoms with E-state index in [4.69, 9.17) is 26.2 Å². The van der Waals surface area contributed by atoms with Gasteiger partial charge in [-0.3, -0.25) is 0 Å². The second-order valence-electron chi connectivity index (χ2n) is 9.71. The number of aryl methyl sites for hydroxylation is 1. The number of alkyl halides is 3. The molecule has 2 heterocycles. The molecule has 3 aromatic carbocycles. The Morgan fingerprint density at radius 2 is 1.77 bits per heavy atom. The first-order chi connectivity index (χ1) is 18.7. The predicted molar refractivity (Wildman–Crippen MR) is 139 cm³/mol. The fourth-order valence-electron chi connectivity index (χ4n) is 4.37. The lowest BCUT2D eigenvalue weighted by molar-refractivity contribution is -0.941. The number of rotatable bonds is 5. The van der Waals surface area contributed by atoms with E-state index in [1.165, 1.54) is 17.2 Å². The van der Waals surface area contributed by atoms with Crippen molar-refractivity contribution in [1.82, 2.24) is 9.97 Å². The molecule has 210 valence electrons. The van der Waals surface area contributed by atoms with Gasteiger partial charge in [0.2, 0.25) is 0 Å². The number of H-pyrrole nitrogens is 1. The molecule has 40 heavy (non-hydrogen) atoms. The standard InChI is InChI=1S/C26H24ClN3O3.C2HF3O2/c1-14(2)30-12-17-6-5-16(8-18(17)13-30)21-10-23-24(11-22(21)27)29-26(28-23)33-19-7-4-15(3)20(9-19)25(31)32;3-2(4,5)1(6)7/h4-11,14H,12-13H2,1-3H3,(H,28,29)(H,31,32);(H,6,7). The molecule has 12 heteroatoms. The number of halogens is 4. The van der Waals surface area contributed by atoms with Crippen molar-refractivity contribution in [2.75, 3.05) is 0 Å². The van der Waals surface area contributed by atoms with E-state index in [-0.39, 0.29) is 11.6 Å². The lowest BCUT2D eigenvalue weighted by Crippen LogP contribution is -3.10. The lowest BCUT2D eigenvalue weighted by Gasteiger charge is -2.16. The van der Waals surface area contributed by atoms with Crippen LogP contribution in [0.5, 0.6) is 11.8 Å². The van der Waals surface area contributed by atoms with Gasteiger partial charge in [-0.05, 0) is 62.2 Å². The summed E-state index contributed by atoms with van der Waals surface area (Å²) in [6.07, 6.45) is -5.19. The summed E-state index contributed by atoms with van der Waals surface area (Å²) in [5, 5.41) is 18.8. The van der Waals surface area contributed by atoms with Gasteiger partial charge in [0, 0.05) is 16.7 Å². The van der Waals surface area contributed by atoms with Crippen LogP contribution in [0.2, 0.25) is 5.02 Å². The molecule has 8 nitrogen and oxygen atoms in total. The molecule has 0 aliphatic carbocycles. The van der Waals surface area contributed by atoms with Crippen LogP contribution in [0.1, 0.15) is 40.9 Å². The SMILES string of the molecule is Cc1ccc(Oc2nc3cc(-c4ccc5c(c4)C[NH+](C(C)C)C5)c(Cl)cc3[nH]2)cc1C(=O)O.O=C([O-])C(F)(F)F. The number of carbonyl (C=O) groups excluding carboxylic acids is 1. The van der Waals surface area contributed by atoms with E-state index in [9.17, 15) is 23.1 Å². The van der Waals surface area contributed by atoms with E-state index in [1.54, 1.807) is 24.0 Å². The minimum absolute atomic E-state index is 0.198. The number of aliphatic carboxylic acids is 1. The highest BCUT2D eigenvalue weighted by molar-refractivity contribution is 6.34. The molecule has 1 unspecified atom stereocenters. The Labute approximate surface area is 232 Å². The van der Waals surface area contributed by atoms with Gasteiger partial charge in [0.25, 0.3) is 6.01 Å². The van der Waals surface area contributed by atoms with Gasteiger partial charge in [0.05, 0.1) is 27.7 Å². The molecule has 0 bridgehead atoms. The number of fused-ring (bicyclic) bond motifs is 2. The summed E-state index contributed by atoms with van der Waals surface area (Å²) in [6.45, 7) is 8.34. The topological polar surface area (TPSA) is 120 Å². The van der Waals surface area contributed by atoms with E-state index < -0.39 is 18.1 Å². The summed E-state index contributed by atoms with van der Waals surface area (Å²) in [5.41, 5.74) is 7.10. The fraction of sp³-hybridized carbons (Fsp3) is 0.250. The number of hydrogen-bond donors (Lipinski definition) is 3. The molecule has 3 N–H and O–H groups in total. The van der Waals surface area contributed by atoms with Crippen LogP contribution in [0.4, 0.5) is 13.2 Å². The maximum Gasteiger partial charge on any atom is 0.430 e. The van der Waals surface area contributed by atoms with Crippen LogP contribution in [0.15, 0.2) is 48.5 Å². The van der Waals surface area contributed by atoms with Gasteiger partial charge in [-0.2, -0.15) is 18.2 Å². The van der Waals surface area contributed by atoms with E-state index >= 15 is 0 Å². The monoisotopic (exact) mass is 575 g/mol. The molecule has 0 amide bonds. The highest BCUT2D eigenvalue weighted by Gasteiger charge is 2.29. The number of nitrogens with zero attached hydrogens (tertiary/aromatic N) is 1. The van der Waals surface area contributed by atoms with Gasteiger partial charge in [0.15, 0.2) is 0 Å². The van der Waals surface area contributed by atoms with E-state index in [1.807, 2.05) is 12.1 Å². The van der Waals surface area contributed by atoms with E-state index in [2.05, 4.69) is 42.0 Å². The van der Waals surface area contributed by atoms with Crippen LogP contribution in [0, 0.1) is 6.92 Å². The molecule has 0 fully saturated rings. The number of ether oxygens (including phenoxy) is 1. The number of imidazole rings is 1. The zero-order chi connectivity index (χ0) is 29.4. The number of benzene rings is 3. The molecule has 5 rings (SSSR count). The zero-order valence-electron chi connectivity index (χ0n) is 21.6. The van der Waals surface area contributed by atoms with Gasteiger partial charge in [0.1, 0.15) is 24.8 Å². The number of carboxylic acid groups (broad SMARTS) is 2. The summed E-state index contributed by atoms with van der Waals surface area (Å²) in [7, 11) is 0. The van der Waals surface area contributed by atoms with Gasteiger partial charge >= 0.3 is 12.1 Å². The third-order valence-corrected chi connectivity index (χ3v) is 6.92. The third-order valence-electron chi connectivity index (χ3n) is 6.60. The smallest absolute Gasteiger partial charge is 0.430 e. The predicted octanol–water partition coefficient (Wildman–Crippen LogP) is 4.29. The minimum Gasteiger partial charge on any atom is -0.542 e. The molecule has 0 saturated carbocycles. The molecule has 0 saturated heterocycles. The summed E-state index contributed by atoms with van der Waals surface area (Å²) in [6, 6.07) is 16.2. The van der Waals surface area contributed by atoms with Crippen LogP contribution in [-0.2, 0) is 17.9 Å². The Morgan fingerprint density at radius 1 is 1.10 bits per heavy atom. The summed E-state index contributed by atoms with van der Waals surface area (Å²) in [5.74, 6) is -3.60. The first-order valence-electron chi connectivity index (χ1n) is 12.2. The number of quaternary nitrogens is 1. The zero-order valence-corrected chi connectivity index (χ0v) is 22.4. The van der Waals surface area contributed by atoms with Crippen LogP contribution in [0.3, 0.4) is 0 Å². The molecular weight excluding hydrogens is 551 g/mol. The Morgan fingerprint density at radius 3 is 2.40 bits per heavy atom. The van der Waals surface area contributed by atoms with Gasteiger partial charge in [-0.15, -0.1) is 0 Å². The number of carboxylic acids is 2. The highest BCUT2D eigenvalue weighted by Crippen LogP contribution is 2.34. The molecule has 4 aromatic rings. The summed E-state index contributed by atoms with van der Waals surface area (Å²) in [4.78, 5) is 29.4. The van der Waals surface area contributed by atoms with Crippen molar-refractivity contribution in [3.05, 3.63) is 75.8 Å². The molecule has 0 spiro atoms. The van der Waals surface area contributed by atoms with Crippen molar-refractivity contribution in [2.45, 2.75) is 46.1 Å². The Bertz CT molecular complexity index is 1600. The number of aromatic carboxylic acids is 1. The highest BCUT2D eigenvalue weighted by atomic mass is 35.5. The van der Waals surface area contributed by atoms with E-state index in [0.717, 1.165) is 35.2 Å². The molecule has 1 aromatic heterocycles. The van der Waals surface area contributed by atoms with Crippen LogP contribution in [0.25, 0.3) is 22.2 Å². The number of aromatic amines is 1. The van der Waals surface area contributed by atoms with Crippen molar-refractivity contribution in [3.8, 4) is 22.9 Å². The number of nitrogens with one attached hydrogen (secondary N) is 2. The number of carbonyl (C=O) groups is 2. The first-order valence-corrected chi connectivity index (χ1v) is 12.6. The Hall–Kier alpha value is -4.09. The van der Waals surface area contributed by atoms with Crippen molar-refractivity contribution >= 4 is 34.6 Å². The maximum absolute atomic E-state index is 11.4. The van der Waals surface area contributed by atoms with Gasteiger partial charge in [-0.1, -0.05) is 29.8 Å². The number of hydrogen-bond acceptors (Lipinski definition) is 5. The fourth-order valence-corrected chi connectivity index (χ4v) is 4.65. The molecule has 0 radical (unpaired) electrons. The van der Waals surface area contributed by atoms with Crippen LogP contribution < -0.4 is 14.7 Å². The lowest BCUT2D eigenvalue weighted by atomic mass is 10.00. The van der Waals surface area contributed by atoms with Crippen molar-refractivity contribution < 1.29 is 42.6 Å². The Kier molecular flexibility index (Phi) is 8.08.